The van der Waals surface area contributed by atoms with Crippen LogP contribution in [0.4, 0.5) is 0 Å². The van der Waals surface area contributed by atoms with Crippen LogP contribution < -0.4 is 0 Å². The first-order valence-corrected chi connectivity index (χ1v) is 13.9. The van der Waals surface area contributed by atoms with Crippen LogP contribution in [-0.4, -0.2) is 12.4 Å². The van der Waals surface area contributed by atoms with Gasteiger partial charge in [0.25, 0.3) is 0 Å². The van der Waals surface area contributed by atoms with Crippen LogP contribution in [-0.2, 0) is 6.42 Å². The Balaban J connectivity index is 1.39. The summed E-state index contributed by atoms with van der Waals surface area (Å²) >= 11 is 0. The summed E-state index contributed by atoms with van der Waals surface area (Å²) in [6.07, 6.45) is 31.2. The van der Waals surface area contributed by atoms with Crippen molar-refractivity contribution >= 4 is 12.4 Å². The normalized spacial score (nSPS) is 13.8. The third-order valence-electron chi connectivity index (χ3n) is 6.83. The van der Waals surface area contributed by atoms with Crippen molar-refractivity contribution in [3.63, 3.8) is 0 Å². The molecule has 0 aliphatic carbocycles. The molecule has 178 valence electrons. The Kier molecular flexibility index (Phi) is 15.8. The summed E-state index contributed by atoms with van der Waals surface area (Å²) in [5.41, 5.74) is 1.40. The number of nitrogens with zero attached hydrogens (tertiary/aromatic N) is 2. The Morgan fingerprint density at radius 3 is 1.50 bits per heavy atom. The van der Waals surface area contributed by atoms with Crippen LogP contribution in [0.15, 0.2) is 40.3 Å². The van der Waals surface area contributed by atoms with E-state index in [2.05, 4.69) is 47.2 Å². The van der Waals surface area contributed by atoms with Crippen LogP contribution in [0.5, 0.6) is 0 Å². The number of rotatable bonds is 21. The van der Waals surface area contributed by atoms with Gasteiger partial charge in [-0.2, -0.15) is 0 Å². The molecule has 1 aromatic carbocycles. The van der Waals surface area contributed by atoms with E-state index < -0.39 is 0 Å². The second kappa shape index (κ2) is 18.9. The summed E-state index contributed by atoms with van der Waals surface area (Å²) in [6.45, 7) is 2.30. The monoisotopic (exact) mass is 437 g/mol. The van der Waals surface area contributed by atoms with E-state index in [0.29, 0.717) is 5.92 Å². The van der Waals surface area contributed by atoms with Gasteiger partial charge in [-0.3, -0.25) is 0 Å². The molecule has 2 nitrogen and oxygen atoms in total. The minimum absolute atomic E-state index is 0.462. The van der Waals surface area contributed by atoms with Gasteiger partial charge >= 0.3 is 0 Å². The van der Waals surface area contributed by atoms with E-state index in [4.69, 9.17) is 0 Å². The smallest absolute Gasteiger partial charge is 0.0965 e. The van der Waals surface area contributed by atoms with Gasteiger partial charge in [-0.05, 0) is 18.4 Å². The molecule has 0 amide bonds. The van der Waals surface area contributed by atoms with Gasteiger partial charge in [0.05, 0.1) is 5.92 Å². The molecule has 1 unspecified atom stereocenters. The molecule has 1 heterocycles. The summed E-state index contributed by atoms with van der Waals surface area (Å²) in [4.78, 5) is 8.99. The van der Waals surface area contributed by atoms with Crippen LogP contribution in [0.2, 0.25) is 0 Å². The molecule has 1 aliphatic heterocycles. The first-order chi connectivity index (χ1) is 15.9. The Morgan fingerprint density at radius 1 is 0.594 bits per heavy atom. The molecule has 0 saturated carbocycles. The lowest BCUT2D eigenvalue weighted by Crippen LogP contribution is -2.11. The number of aliphatic imine (C=N–C) groups is 2. The second-order valence-electron chi connectivity index (χ2n) is 9.75. The zero-order valence-electron chi connectivity index (χ0n) is 20.9. The molecule has 0 radical (unpaired) electrons. The topological polar surface area (TPSA) is 24.7 Å². The minimum Gasteiger partial charge on any atom is -0.0965 e. The maximum atomic E-state index is 4.50. The van der Waals surface area contributed by atoms with Crippen LogP contribution in [0.3, 0.4) is 0 Å². The van der Waals surface area contributed by atoms with Crippen molar-refractivity contribution in [3.8, 4) is 0 Å². The van der Waals surface area contributed by atoms with Crippen molar-refractivity contribution in [2.75, 3.05) is 0 Å². The van der Waals surface area contributed by atoms with Crippen molar-refractivity contribution in [2.45, 2.75) is 129 Å². The van der Waals surface area contributed by atoms with Crippen molar-refractivity contribution < 1.29 is 0 Å². The molecule has 32 heavy (non-hydrogen) atoms. The maximum Gasteiger partial charge on any atom is 0.244 e. The highest BCUT2D eigenvalue weighted by Gasteiger charge is 2.28. The molecule has 0 N–H and O–H groups in total. The van der Waals surface area contributed by atoms with E-state index in [0.717, 1.165) is 12.6 Å². The Morgan fingerprint density at radius 2 is 1.03 bits per heavy atom. The predicted octanol–water partition coefficient (Wildman–Crippen LogP) is 9.53. The highest BCUT2D eigenvalue weighted by atomic mass is 15.0. The fraction of sp³-hybridized carbons (Fsp3) is 0.700. The highest BCUT2D eigenvalue weighted by Crippen LogP contribution is 2.29. The van der Waals surface area contributed by atoms with Crippen LogP contribution in [0.25, 0.3) is 0 Å². The third-order valence-corrected chi connectivity index (χ3v) is 6.83. The molecule has 1 aromatic rings. The molecule has 0 bridgehead atoms. The van der Waals surface area contributed by atoms with Gasteiger partial charge in [-0.25, -0.2) is 0 Å². The van der Waals surface area contributed by atoms with E-state index in [1.807, 2.05) is 12.4 Å². The van der Waals surface area contributed by atoms with Crippen LogP contribution in [0, 0.1) is 12.1 Å². The number of benzene rings is 1. The van der Waals surface area contributed by atoms with Crippen LogP contribution >= 0.6 is 0 Å². The Labute approximate surface area is 199 Å². The molecule has 1 aliphatic rings. The molecular weight excluding hydrogens is 388 g/mol. The number of hydrogen-bond acceptors (Lipinski definition) is 2. The van der Waals surface area contributed by atoms with Gasteiger partial charge in [0.1, 0.15) is 0 Å². The van der Waals surface area contributed by atoms with Gasteiger partial charge in [-0.1, -0.05) is 156 Å². The SMILES string of the molecule is CCCCCCCCCCCCCCCCCCCC(Cc1ccccc1)[C+]1N=CC=N1. The van der Waals surface area contributed by atoms with Gasteiger partial charge in [-0.15, -0.1) is 0 Å². The second-order valence-corrected chi connectivity index (χ2v) is 9.75. The fourth-order valence-electron chi connectivity index (χ4n) is 4.80. The molecule has 0 saturated heterocycles. The van der Waals surface area contributed by atoms with Gasteiger partial charge in [0.15, 0.2) is 12.4 Å². The number of hydrogen-bond donors (Lipinski definition) is 0. The van der Waals surface area contributed by atoms with Gasteiger partial charge in [0, 0.05) is 0 Å². The van der Waals surface area contributed by atoms with Crippen molar-refractivity contribution in [1.29, 1.82) is 0 Å². The predicted molar refractivity (Wildman–Crippen MR) is 143 cm³/mol. The average molecular weight is 438 g/mol. The van der Waals surface area contributed by atoms with Crippen LogP contribution in [0.1, 0.15) is 128 Å². The first-order valence-electron chi connectivity index (χ1n) is 13.9. The van der Waals surface area contributed by atoms with E-state index in [-0.39, 0.29) is 0 Å². The van der Waals surface area contributed by atoms with Gasteiger partial charge < -0.3 is 0 Å². The molecule has 0 spiro atoms. The zero-order chi connectivity index (χ0) is 22.5. The average Bonchev–Trinajstić information content (AvgIpc) is 3.36. The van der Waals surface area contributed by atoms with Crippen molar-refractivity contribution in [3.05, 3.63) is 42.1 Å². The lowest BCUT2D eigenvalue weighted by atomic mass is 9.91. The van der Waals surface area contributed by atoms with E-state index >= 15 is 0 Å². The third kappa shape index (κ3) is 13.1. The molecule has 2 heteroatoms. The first kappa shape index (κ1) is 26.7. The summed E-state index contributed by atoms with van der Waals surface area (Å²) in [5.74, 6) is 0.462. The molecule has 2 rings (SSSR count). The Bertz CT molecular complexity index is 580. The fourth-order valence-corrected chi connectivity index (χ4v) is 4.80. The lowest BCUT2D eigenvalue weighted by Gasteiger charge is -2.14. The van der Waals surface area contributed by atoms with Gasteiger partial charge in [0.2, 0.25) is 6.17 Å². The standard InChI is InChI=1S/C30H49N2/c1-2-3-4-5-6-7-8-9-10-11-12-13-14-15-16-17-21-24-29(30-31-25-26-32-30)27-28-22-19-18-20-23-28/h18-20,22-23,25-26,29H,2-17,21,24,27H2,1H3/q+1. The Hall–Kier alpha value is -1.57. The number of unbranched alkanes of at least 4 members (excludes halogenated alkanes) is 16. The van der Waals surface area contributed by atoms with Crippen molar-refractivity contribution in [1.82, 2.24) is 0 Å². The van der Waals surface area contributed by atoms with E-state index in [9.17, 15) is 0 Å². The summed E-state index contributed by atoms with van der Waals surface area (Å²) in [5, 5.41) is 0. The molecule has 0 fully saturated rings. The molecular formula is C30H49N2+. The lowest BCUT2D eigenvalue weighted by molar-refractivity contribution is 0.452. The van der Waals surface area contributed by atoms with Crippen molar-refractivity contribution in [2.24, 2.45) is 15.9 Å². The summed E-state index contributed by atoms with van der Waals surface area (Å²) in [7, 11) is 0. The zero-order valence-corrected chi connectivity index (χ0v) is 20.9. The maximum absolute atomic E-state index is 4.50. The largest absolute Gasteiger partial charge is 0.244 e. The summed E-state index contributed by atoms with van der Waals surface area (Å²) < 4.78 is 0. The molecule has 0 aromatic heterocycles. The highest BCUT2D eigenvalue weighted by molar-refractivity contribution is 6.18. The molecule has 1 atom stereocenters. The van der Waals surface area contributed by atoms with E-state index in [1.165, 1.54) is 121 Å². The minimum atomic E-state index is 0.462. The summed E-state index contributed by atoms with van der Waals surface area (Å²) in [6, 6.07) is 10.8. The quantitative estimate of drug-likeness (QED) is 0.135. The van der Waals surface area contributed by atoms with E-state index in [1.54, 1.807) is 0 Å².